The van der Waals surface area contributed by atoms with Gasteiger partial charge in [0.15, 0.2) is 0 Å². The number of nitrogens with two attached hydrogens (primary N) is 1. The molecule has 1 atom stereocenters. The van der Waals surface area contributed by atoms with E-state index in [0.717, 1.165) is 19.6 Å². The third kappa shape index (κ3) is 4.40. The van der Waals surface area contributed by atoms with Gasteiger partial charge in [0.25, 0.3) is 0 Å². The van der Waals surface area contributed by atoms with E-state index in [1.54, 1.807) is 6.20 Å². The van der Waals surface area contributed by atoms with Crippen LogP contribution in [0.2, 0.25) is 0 Å². The number of nitrogens with zero attached hydrogens (tertiary/aromatic N) is 3. The standard InChI is InChI=1S/C12H20N4O/c1-3-16(8-10(2)12(13)15-17)9-11-5-4-6-14-7-11/h4-7,10,17H,3,8-9H2,1-2H3,(H2,13,15). The van der Waals surface area contributed by atoms with Crippen LogP contribution in [0.4, 0.5) is 0 Å². The van der Waals surface area contributed by atoms with Crippen molar-refractivity contribution in [3.63, 3.8) is 0 Å². The van der Waals surface area contributed by atoms with E-state index in [1.165, 1.54) is 5.56 Å². The van der Waals surface area contributed by atoms with E-state index >= 15 is 0 Å². The highest BCUT2D eigenvalue weighted by Crippen LogP contribution is 2.06. The first-order valence-corrected chi connectivity index (χ1v) is 5.76. The van der Waals surface area contributed by atoms with Crippen LogP contribution in [-0.2, 0) is 6.54 Å². The summed E-state index contributed by atoms with van der Waals surface area (Å²) in [7, 11) is 0. The zero-order valence-electron chi connectivity index (χ0n) is 10.4. The van der Waals surface area contributed by atoms with Crippen LogP contribution < -0.4 is 5.73 Å². The molecule has 0 aromatic carbocycles. The first kappa shape index (κ1) is 13.4. The lowest BCUT2D eigenvalue weighted by Crippen LogP contribution is -2.34. The molecule has 0 aliphatic carbocycles. The zero-order valence-corrected chi connectivity index (χ0v) is 10.4. The molecule has 1 unspecified atom stereocenters. The molecule has 1 aromatic heterocycles. The van der Waals surface area contributed by atoms with Gasteiger partial charge in [0.05, 0.1) is 0 Å². The van der Waals surface area contributed by atoms with Crippen molar-refractivity contribution in [2.45, 2.75) is 20.4 Å². The maximum absolute atomic E-state index is 8.61. The van der Waals surface area contributed by atoms with Gasteiger partial charge < -0.3 is 10.9 Å². The number of hydrogen-bond acceptors (Lipinski definition) is 4. The number of rotatable bonds is 6. The maximum Gasteiger partial charge on any atom is 0.143 e. The molecule has 0 aliphatic heterocycles. The van der Waals surface area contributed by atoms with Gasteiger partial charge >= 0.3 is 0 Å². The Morgan fingerprint density at radius 3 is 2.94 bits per heavy atom. The Morgan fingerprint density at radius 1 is 1.65 bits per heavy atom. The fourth-order valence-corrected chi connectivity index (χ4v) is 1.63. The normalized spacial score (nSPS) is 13.9. The summed E-state index contributed by atoms with van der Waals surface area (Å²) in [5.74, 6) is 0.311. The molecular formula is C12H20N4O. The summed E-state index contributed by atoms with van der Waals surface area (Å²) in [4.78, 5) is 6.32. The minimum Gasteiger partial charge on any atom is -0.409 e. The monoisotopic (exact) mass is 236 g/mol. The summed E-state index contributed by atoms with van der Waals surface area (Å²) in [5, 5.41) is 11.7. The molecule has 94 valence electrons. The smallest absolute Gasteiger partial charge is 0.143 e. The second-order valence-electron chi connectivity index (χ2n) is 4.11. The molecule has 17 heavy (non-hydrogen) atoms. The quantitative estimate of drug-likeness (QED) is 0.338. The van der Waals surface area contributed by atoms with Crippen molar-refractivity contribution in [1.82, 2.24) is 9.88 Å². The van der Waals surface area contributed by atoms with Gasteiger partial charge in [0.1, 0.15) is 5.84 Å². The third-order valence-electron chi connectivity index (χ3n) is 2.73. The average molecular weight is 236 g/mol. The fourth-order valence-electron chi connectivity index (χ4n) is 1.63. The van der Waals surface area contributed by atoms with Crippen LogP contribution in [0.1, 0.15) is 19.4 Å². The molecule has 5 nitrogen and oxygen atoms in total. The lowest BCUT2D eigenvalue weighted by molar-refractivity contribution is 0.257. The van der Waals surface area contributed by atoms with E-state index in [0.29, 0.717) is 0 Å². The highest BCUT2D eigenvalue weighted by atomic mass is 16.4. The van der Waals surface area contributed by atoms with Crippen molar-refractivity contribution in [1.29, 1.82) is 0 Å². The van der Waals surface area contributed by atoms with Crippen LogP contribution in [-0.4, -0.2) is 34.0 Å². The Labute approximate surface area is 102 Å². The summed E-state index contributed by atoms with van der Waals surface area (Å²) in [6.07, 6.45) is 3.62. The van der Waals surface area contributed by atoms with Gasteiger partial charge in [-0.3, -0.25) is 9.88 Å². The van der Waals surface area contributed by atoms with Crippen molar-refractivity contribution < 1.29 is 5.21 Å². The van der Waals surface area contributed by atoms with E-state index in [-0.39, 0.29) is 11.8 Å². The summed E-state index contributed by atoms with van der Waals surface area (Å²) < 4.78 is 0. The summed E-state index contributed by atoms with van der Waals surface area (Å²) in [6.45, 7) is 6.54. The molecule has 1 aromatic rings. The molecular weight excluding hydrogens is 216 g/mol. The van der Waals surface area contributed by atoms with Crippen molar-refractivity contribution >= 4 is 5.84 Å². The van der Waals surface area contributed by atoms with Gasteiger partial charge in [0.2, 0.25) is 0 Å². The molecule has 5 heteroatoms. The van der Waals surface area contributed by atoms with E-state index in [1.807, 2.05) is 25.3 Å². The lowest BCUT2D eigenvalue weighted by Gasteiger charge is -2.23. The Kier molecular flexibility index (Phi) is 5.42. The largest absolute Gasteiger partial charge is 0.409 e. The van der Waals surface area contributed by atoms with Crippen LogP contribution in [0.15, 0.2) is 29.7 Å². The van der Waals surface area contributed by atoms with Gasteiger partial charge in [0, 0.05) is 31.4 Å². The number of aromatic nitrogens is 1. The zero-order chi connectivity index (χ0) is 12.7. The van der Waals surface area contributed by atoms with E-state index in [4.69, 9.17) is 10.9 Å². The number of oxime groups is 1. The molecule has 3 N–H and O–H groups in total. The first-order chi connectivity index (χ1) is 8.17. The van der Waals surface area contributed by atoms with Gasteiger partial charge in [-0.1, -0.05) is 25.1 Å². The van der Waals surface area contributed by atoms with Crippen molar-refractivity contribution in [2.24, 2.45) is 16.8 Å². The predicted octanol–water partition coefficient (Wildman–Crippen LogP) is 1.29. The third-order valence-corrected chi connectivity index (χ3v) is 2.73. The van der Waals surface area contributed by atoms with Gasteiger partial charge in [-0.05, 0) is 18.2 Å². The number of pyridine rings is 1. The van der Waals surface area contributed by atoms with Crippen LogP contribution in [0.25, 0.3) is 0 Å². The average Bonchev–Trinajstić information content (AvgIpc) is 2.38. The van der Waals surface area contributed by atoms with Gasteiger partial charge in [-0.25, -0.2) is 0 Å². The molecule has 0 amide bonds. The minimum absolute atomic E-state index is 0.0385. The Hall–Kier alpha value is -1.62. The summed E-state index contributed by atoms with van der Waals surface area (Å²) >= 11 is 0. The van der Waals surface area contributed by atoms with Gasteiger partial charge in [-0.15, -0.1) is 0 Å². The SMILES string of the molecule is CCN(Cc1cccnc1)CC(C)/C(N)=N/O. The first-order valence-electron chi connectivity index (χ1n) is 5.76. The Morgan fingerprint density at radius 2 is 2.41 bits per heavy atom. The van der Waals surface area contributed by atoms with E-state index < -0.39 is 0 Å². The molecule has 0 aliphatic rings. The van der Waals surface area contributed by atoms with Crippen LogP contribution in [0.3, 0.4) is 0 Å². The molecule has 0 saturated carbocycles. The second kappa shape index (κ2) is 6.85. The van der Waals surface area contributed by atoms with E-state index in [2.05, 4.69) is 22.0 Å². The topological polar surface area (TPSA) is 74.7 Å². The second-order valence-corrected chi connectivity index (χ2v) is 4.11. The Bertz CT molecular complexity index is 353. The lowest BCUT2D eigenvalue weighted by atomic mass is 10.1. The van der Waals surface area contributed by atoms with Crippen LogP contribution >= 0.6 is 0 Å². The highest BCUT2D eigenvalue weighted by molar-refractivity contribution is 5.82. The number of hydrogen-bond donors (Lipinski definition) is 2. The van der Waals surface area contributed by atoms with E-state index in [9.17, 15) is 0 Å². The van der Waals surface area contributed by atoms with Crippen LogP contribution in [0, 0.1) is 5.92 Å². The van der Waals surface area contributed by atoms with Crippen LogP contribution in [0.5, 0.6) is 0 Å². The fraction of sp³-hybridized carbons (Fsp3) is 0.500. The van der Waals surface area contributed by atoms with Crippen molar-refractivity contribution in [3.8, 4) is 0 Å². The molecule has 1 rings (SSSR count). The maximum atomic E-state index is 8.61. The molecule has 0 bridgehead atoms. The molecule has 0 spiro atoms. The minimum atomic E-state index is 0.0385. The summed E-state index contributed by atoms with van der Waals surface area (Å²) in [5.41, 5.74) is 6.74. The number of amidine groups is 1. The molecule has 1 heterocycles. The van der Waals surface area contributed by atoms with Crippen molar-refractivity contribution in [3.05, 3.63) is 30.1 Å². The Balaban J connectivity index is 2.55. The highest BCUT2D eigenvalue weighted by Gasteiger charge is 2.12. The molecule has 0 radical (unpaired) electrons. The van der Waals surface area contributed by atoms with Gasteiger partial charge in [-0.2, -0.15) is 0 Å². The summed E-state index contributed by atoms with van der Waals surface area (Å²) in [6, 6.07) is 3.97. The molecule has 0 saturated heterocycles. The van der Waals surface area contributed by atoms with Crippen molar-refractivity contribution in [2.75, 3.05) is 13.1 Å². The predicted molar refractivity (Wildman–Crippen MR) is 67.8 cm³/mol. The molecule has 0 fully saturated rings.